The standard InChI is InChI=1S/C28H28N4O3/c1-34-25-14-8-6-12-22(25)27-23(20-32(29-27)21-10-4-3-5-11-21)28(33)31-18-16-30(17-19-31)24-13-7-9-15-26(24)35-2/h3-15,20H,16-19H2,1-2H3. The minimum Gasteiger partial charge on any atom is -0.496 e. The first kappa shape index (κ1) is 22.5. The van der Waals surface area contributed by atoms with Crippen LogP contribution in [0.1, 0.15) is 10.4 Å². The van der Waals surface area contributed by atoms with Gasteiger partial charge in [-0.15, -0.1) is 0 Å². The van der Waals surface area contributed by atoms with E-state index in [1.54, 1.807) is 18.9 Å². The molecule has 0 spiro atoms. The molecule has 35 heavy (non-hydrogen) atoms. The normalized spacial score (nSPS) is 13.5. The number of hydrogen-bond acceptors (Lipinski definition) is 5. The van der Waals surface area contributed by atoms with E-state index in [4.69, 9.17) is 14.6 Å². The summed E-state index contributed by atoms with van der Waals surface area (Å²) in [6, 6.07) is 25.5. The molecular weight excluding hydrogens is 440 g/mol. The second-order valence-corrected chi connectivity index (χ2v) is 8.32. The van der Waals surface area contributed by atoms with Crippen LogP contribution in [-0.2, 0) is 0 Å². The van der Waals surface area contributed by atoms with Gasteiger partial charge >= 0.3 is 0 Å². The monoisotopic (exact) mass is 468 g/mol. The molecular formula is C28H28N4O3. The van der Waals surface area contributed by atoms with Crippen molar-refractivity contribution in [3.05, 3.63) is 90.6 Å². The van der Waals surface area contributed by atoms with Gasteiger partial charge in [0, 0.05) is 37.9 Å². The van der Waals surface area contributed by atoms with E-state index in [0.717, 1.165) is 35.8 Å². The van der Waals surface area contributed by atoms with Crippen LogP contribution in [0.4, 0.5) is 5.69 Å². The molecule has 3 aromatic carbocycles. The number of para-hydroxylation sites is 4. The molecule has 0 saturated carbocycles. The molecule has 7 nitrogen and oxygen atoms in total. The number of anilines is 1. The summed E-state index contributed by atoms with van der Waals surface area (Å²) < 4.78 is 12.9. The number of amides is 1. The van der Waals surface area contributed by atoms with Crippen molar-refractivity contribution in [2.24, 2.45) is 0 Å². The number of aromatic nitrogens is 2. The molecule has 2 heterocycles. The van der Waals surface area contributed by atoms with E-state index in [2.05, 4.69) is 11.0 Å². The quantitative estimate of drug-likeness (QED) is 0.417. The van der Waals surface area contributed by atoms with Gasteiger partial charge in [-0.05, 0) is 36.4 Å². The van der Waals surface area contributed by atoms with Crippen molar-refractivity contribution in [2.75, 3.05) is 45.3 Å². The molecule has 0 bridgehead atoms. The van der Waals surface area contributed by atoms with Crippen LogP contribution >= 0.6 is 0 Å². The van der Waals surface area contributed by atoms with Gasteiger partial charge in [0.2, 0.25) is 0 Å². The lowest BCUT2D eigenvalue weighted by molar-refractivity contribution is 0.0747. The molecule has 0 atom stereocenters. The van der Waals surface area contributed by atoms with E-state index in [1.807, 2.05) is 83.9 Å². The van der Waals surface area contributed by atoms with E-state index in [-0.39, 0.29) is 5.91 Å². The Morgan fingerprint density at radius 2 is 1.40 bits per heavy atom. The van der Waals surface area contributed by atoms with Crippen molar-refractivity contribution in [1.29, 1.82) is 0 Å². The van der Waals surface area contributed by atoms with Crippen molar-refractivity contribution < 1.29 is 14.3 Å². The fourth-order valence-corrected chi connectivity index (χ4v) is 4.49. The highest BCUT2D eigenvalue weighted by molar-refractivity contribution is 6.00. The van der Waals surface area contributed by atoms with E-state index in [0.29, 0.717) is 30.1 Å². The summed E-state index contributed by atoms with van der Waals surface area (Å²) in [7, 11) is 3.31. The number of nitrogens with zero attached hydrogens (tertiary/aromatic N) is 4. The van der Waals surface area contributed by atoms with Gasteiger partial charge in [0.25, 0.3) is 5.91 Å². The van der Waals surface area contributed by atoms with Crippen LogP contribution in [0.3, 0.4) is 0 Å². The first-order valence-electron chi connectivity index (χ1n) is 11.7. The molecule has 7 heteroatoms. The summed E-state index contributed by atoms with van der Waals surface area (Å²) in [4.78, 5) is 18.0. The molecule has 1 saturated heterocycles. The second kappa shape index (κ2) is 9.93. The predicted octanol–water partition coefficient (Wildman–Crippen LogP) is 4.52. The minimum absolute atomic E-state index is 0.0345. The molecule has 1 aromatic heterocycles. The third kappa shape index (κ3) is 4.45. The first-order chi connectivity index (χ1) is 17.2. The second-order valence-electron chi connectivity index (χ2n) is 8.32. The van der Waals surface area contributed by atoms with E-state index >= 15 is 0 Å². The molecule has 1 aliphatic rings. The van der Waals surface area contributed by atoms with Gasteiger partial charge < -0.3 is 19.3 Å². The average molecular weight is 469 g/mol. The number of hydrogen-bond donors (Lipinski definition) is 0. The number of carbonyl (C=O) groups excluding carboxylic acids is 1. The number of piperazine rings is 1. The Morgan fingerprint density at radius 3 is 2.11 bits per heavy atom. The number of rotatable bonds is 6. The van der Waals surface area contributed by atoms with Gasteiger partial charge in [0.15, 0.2) is 0 Å². The van der Waals surface area contributed by atoms with Crippen molar-refractivity contribution in [3.8, 4) is 28.4 Å². The van der Waals surface area contributed by atoms with Crippen LogP contribution in [0.5, 0.6) is 11.5 Å². The maximum atomic E-state index is 13.8. The highest BCUT2D eigenvalue weighted by Gasteiger charge is 2.28. The van der Waals surface area contributed by atoms with Crippen LogP contribution in [0.2, 0.25) is 0 Å². The lowest BCUT2D eigenvalue weighted by Crippen LogP contribution is -2.48. The number of carbonyl (C=O) groups is 1. The van der Waals surface area contributed by atoms with Crippen molar-refractivity contribution in [1.82, 2.24) is 14.7 Å². The Balaban J connectivity index is 1.45. The third-order valence-corrected chi connectivity index (χ3v) is 6.32. The zero-order valence-corrected chi connectivity index (χ0v) is 19.9. The third-order valence-electron chi connectivity index (χ3n) is 6.32. The van der Waals surface area contributed by atoms with E-state index in [1.165, 1.54) is 0 Å². The van der Waals surface area contributed by atoms with Gasteiger partial charge in [-0.1, -0.05) is 42.5 Å². The maximum absolute atomic E-state index is 13.8. The van der Waals surface area contributed by atoms with Crippen LogP contribution in [-0.4, -0.2) is 61.0 Å². The SMILES string of the molecule is COc1ccccc1-c1nn(-c2ccccc2)cc1C(=O)N1CCN(c2ccccc2OC)CC1. The topological polar surface area (TPSA) is 59.8 Å². The fraction of sp³-hybridized carbons (Fsp3) is 0.214. The predicted molar refractivity (Wildman–Crippen MR) is 137 cm³/mol. The highest BCUT2D eigenvalue weighted by atomic mass is 16.5. The zero-order chi connectivity index (χ0) is 24.2. The van der Waals surface area contributed by atoms with Gasteiger partial charge in [-0.3, -0.25) is 4.79 Å². The minimum atomic E-state index is -0.0345. The van der Waals surface area contributed by atoms with Gasteiger partial charge in [-0.2, -0.15) is 5.10 Å². The largest absolute Gasteiger partial charge is 0.496 e. The number of benzene rings is 3. The van der Waals surface area contributed by atoms with Gasteiger partial charge in [-0.25, -0.2) is 4.68 Å². The molecule has 5 rings (SSSR count). The lowest BCUT2D eigenvalue weighted by Gasteiger charge is -2.36. The molecule has 4 aromatic rings. The number of methoxy groups -OCH3 is 2. The molecule has 0 unspecified atom stereocenters. The first-order valence-corrected chi connectivity index (χ1v) is 11.7. The Morgan fingerprint density at radius 1 is 0.771 bits per heavy atom. The van der Waals surface area contributed by atoms with Crippen molar-refractivity contribution in [3.63, 3.8) is 0 Å². The Hall–Kier alpha value is -4.26. The molecule has 0 aliphatic carbocycles. The van der Waals surface area contributed by atoms with Crippen LogP contribution < -0.4 is 14.4 Å². The molecule has 0 N–H and O–H groups in total. The molecule has 1 aliphatic heterocycles. The average Bonchev–Trinajstić information content (AvgIpc) is 3.38. The van der Waals surface area contributed by atoms with E-state index in [9.17, 15) is 4.79 Å². The summed E-state index contributed by atoms with van der Waals surface area (Å²) >= 11 is 0. The van der Waals surface area contributed by atoms with Crippen LogP contribution in [0, 0.1) is 0 Å². The van der Waals surface area contributed by atoms with Crippen LogP contribution in [0.15, 0.2) is 85.1 Å². The molecule has 0 radical (unpaired) electrons. The lowest BCUT2D eigenvalue weighted by atomic mass is 10.1. The summed E-state index contributed by atoms with van der Waals surface area (Å²) in [6.45, 7) is 2.67. The van der Waals surface area contributed by atoms with Crippen molar-refractivity contribution >= 4 is 11.6 Å². The summed E-state index contributed by atoms with van der Waals surface area (Å²) in [5.41, 5.74) is 3.91. The summed E-state index contributed by atoms with van der Waals surface area (Å²) in [5, 5.41) is 4.82. The smallest absolute Gasteiger partial charge is 0.257 e. The molecule has 178 valence electrons. The summed E-state index contributed by atoms with van der Waals surface area (Å²) in [5.74, 6) is 1.49. The van der Waals surface area contributed by atoms with Crippen LogP contribution in [0.25, 0.3) is 16.9 Å². The maximum Gasteiger partial charge on any atom is 0.257 e. The van der Waals surface area contributed by atoms with Gasteiger partial charge in [0.05, 0.1) is 31.2 Å². The number of ether oxygens (including phenoxy) is 2. The van der Waals surface area contributed by atoms with Crippen molar-refractivity contribution in [2.45, 2.75) is 0 Å². The summed E-state index contributed by atoms with van der Waals surface area (Å²) in [6.07, 6.45) is 1.83. The zero-order valence-electron chi connectivity index (χ0n) is 19.9. The Labute approximate surface area is 205 Å². The van der Waals surface area contributed by atoms with Gasteiger partial charge in [0.1, 0.15) is 17.2 Å². The molecule has 1 amide bonds. The highest BCUT2D eigenvalue weighted by Crippen LogP contribution is 2.33. The fourth-order valence-electron chi connectivity index (χ4n) is 4.49. The Kier molecular flexibility index (Phi) is 6.39. The van der Waals surface area contributed by atoms with E-state index < -0.39 is 0 Å². The molecule has 1 fully saturated rings. The Bertz CT molecular complexity index is 1310.